The van der Waals surface area contributed by atoms with Crippen LogP contribution in [0.1, 0.15) is 10.4 Å². The summed E-state index contributed by atoms with van der Waals surface area (Å²) in [6, 6.07) is 14.4. The van der Waals surface area contributed by atoms with Gasteiger partial charge in [0.2, 0.25) is 5.91 Å². The van der Waals surface area contributed by atoms with Crippen molar-refractivity contribution in [2.45, 2.75) is 0 Å². The largest absolute Gasteiger partial charge is 0.496 e. The molecule has 0 bridgehead atoms. The highest BCUT2D eigenvalue weighted by molar-refractivity contribution is 6.16. The van der Waals surface area contributed by atoms with Crippen molar-refractivity contribution >= 4 is 23.2 Å². The van der Waals surface area contributed by atoms with Gasteiger partial charge in [0.05, 0.1) is 24.0 Å². The second-order valence-corrected chi connectivity index (χ2v) is 5.03. The maximum Gasteiger partial charge on any atom is 0.262 e. The molecule has 2 amide bonds. The van der Waals surface area contributed by atoms with Crippen LogP contribution in [0, 0.1) is 0 Å². The van der Waals surface area contributed by atoms with Gasteiger partial charge in [0.15, 0.2) is 0 Å². The van der Waals surface area contributed by atoms with Crippen molar-refractivity contribution in [3.63, 3.8) is 0 Å². The molecular weight excluding hydrogens is 280 g/mol. The van der Waals surface area contributed by atoms with E-state index < -0.39 is 0 Å². The van der Waals surface area contributed by atoms with Crippen molar-refractivity contribution in [1.29, 1.82) is 0 Å². The number of carbonyl (C=O) groups is 2. The number of anilines is 2. The average molecular weight is 296 g/mol. The molecule has 0 saturated carbocycles. The lowest BCUT2D eigenvalue weighted by Gasteiger charge is -2.34. The Morgan fingerprint density at radius 1 is 1.05 bits per heavy atom. The van der Waals surface area contributed by atoms with Crippen LogP contribution >= 0.6 is 0 Å². The molecule has 0 spiro atoms. The third-order valence-corrected chi connectivity index (χ3v) is 3.78. The molecule has 2 aromatic rings. The summed E-state index contributed by atoms with van der Waals surface area (Å²) in [7, 11) is 3.24. The maximum absolute atomic E-state index is 12.9. The fourth-order valence-electron chi connectivity index (χ4n) is 2.58. The molecule has 0 N–H and O–H groups in total. The number of hydrogen-bond donors (Lipinski definition) is 0. The molecule has 5 nitrogen and oxygen atoms in total. The Labute approximate surface area is 128 Å². The lowest BCUT2D eigenvalue weighted by atomic mass is 10.1. The summed E-state index contributed by atoms with van der Waals surface area (Å²) in [6.45, 7) is 0.0182. The topological polar surface area (TPSA) is 49.9 Å². The summed E-state index contributed by atoms with van der Waals surface area (Å²) in [6.07, 6.45) is 0. The van der Waals surface area contributed by atoms with E-state index in [-0.39, 0.29) is 18.4 Å². The van der Waals surface area contributed by atoms with E-state index in [9.17, 15) is 9.59 Å². The van der Waals surface area contributed by atoms with Crippen LogP contribution in [-0.2, 0) is 4.79 Å². The highest BCUT2D eigenvalue weighted by Gasteiger charge is 2.31. The molecule has 0 saturated heterocycles. The van der Waals surface area contributed by atoms with Crippen LogP contribution in [0.4, 0.5) is 11.4 Å². The van der Waals surface area contributed by atoms with E-state index in [2.05, 4.69) is 0 Å². The number of ether oxygens (including phenoxy) is 1. The van der Waals surface area contributed by atoms with E-state index in [0.717, 1.165) is 11.4 Å². The zero-order valence-electron chi connectivity index (χ0n) is 12.4. The fraction of sp³-hybridized carbons (Fsp3) is 0.176. The number of rotatable bonds is 2. The number of nitrogens with zero attached hydrogens (tertiary/aromatic N) is 2. The van der Waals surface area contributed by atoms with Gasteiger partial charge in [-0.15, -0.1) is 0 Å². The minimum atomic E-state index is -0.244. The number of para-hydroxylation sites is 3. The van der Waals surface area contributed by atoms with Crippen LogP contribution < -0.4 is 14.5 Å². The van der Waals surface area contributed by atoms with Gasteiger partial charge in [-0.2, -0.15) is 0 Å². The van der Waals surface area contributed by atoms with Gasteiger partial charge in [-0.1, -0.05) is 24.3 Å². The second kappa shape index (κ2) is 5.52. The first kappa shape index (κ1) is 14.1. The van der Waals surface area contributed by atoms with Gasteiger partial charge < -0.3 is 9.64 Å². The van der Waals surface area contributed by atoms with Crippen molar-refractivity contribution in [1.82, 2.24) is 0 Å². The third kappa shape index (κ3) is 2.20. The molecule has 2 aromatic carbocycles. The standard InChI is InChI=1S/C17H16N2O3/c1-18-13-8-4-5-9-14(13)19(11-16(18)20)17(21)12-7-3-6-10-15(12)22-2/h3-10H,11H2,1-2H3. The van der Waals surface area contributed by atoms with Gasteiger partial charge in [-0.3, -0.25) is 14.5 Å². The number of fused-ring (bicyclic) bond motifs is 1. The van der Waals surface area contributed by atoms with Crippen LogP contribution in [0.3, 0.4) is 0 Å². The van der Waals surface area contributed by atoms with Gasteiger partial charge >= 0.3 is 0 Å². The van der Waals surface area contributed by atoms with E-state index in [1.54, 1.807) is 36.2 Å². The van der Waals surface area contributed by atoms with Crippen molar-refractivity contribution in [2.75, 3.05) is 30.5 Å². The number of amides is 2. The van der Waals surface area contributed by atoms with Crippen molar-refractivity contribution < 1.29 is 14.3 Å². The van der Waals surface area contributed by atoms with Crippen LogP contribution in [0.2, 0.25) is 0 Å². The molecule has 22 heavy (non-hydrogen) atoms. The monoisotopic (exact) mass is 296 g/mol. The van der Waals surface area contributed by atoms with E-state index in [1.165, 1.54) is 12.0 Å². The van der Waals surface area contributed by atoms with E-state index >= 15 is 0 Å². The van der Waals surface area contributed by atoms with E-state index in [0.29, 0.717) is 11.3 Å². The Morgan fingerprint density at radius 3 is 2.41 bits per heavy atom. The van der Waals surface area contributed by atoms with Gasteiger partial charge in [0.25, 0.3) is 5.91 Å². The predicted octanol–water partition coefficient (Wildman–Crippen LogP) is 2.32. The van der Waals surface area contributed by atoms with Gasteiger partial charge in [0.1, 0.15) is 12.3 Å². The first-order valence-corrected chi connectivity index (χ1v) is 6.94. The molecular formula is C17H16N2O3. The summed E-state index contributed by atoms with van der Waals surface area (Å²) in [5, 5.41) is 0. The number of hydrogen-bond acceptors (Lipinski definition) is 3. The second-order valence-electron chi connectivity index (χ2n) is 5.03. The molecule has 0 aliphatic carbocycles. The summed E-state index contributed by atoms with van der Waals surface area (Å²) >= 11 is 0. The maximum atomic E-state index is 12.9. The third-order valence-electron chi connectivity index (χ3n) is 3.78. The van der Waals surface area contributed by atoms with E-state index in [4.69, 9.17) is 4.74 Å². The zero-order chi connectivity index (χ0) is 15.7. The van der Waals surface area contributed by atoms with Gasteiger partial charge in [-0.05, 0) is 24.3 Å². The highest BCUT2D eigenvalue weighted by Crippen LogP contribution is 2.34. The minimum absolute atomic E-state index is 0.0182. The Bertz CT molecular complexity index is 742. The Hall–Kier alpha value is -2.82. The zero-order valence-corrected chi connectivity index (χ0v) is 12.4. The van der Waals surface area contributed by atoms with E-state index in [1.807, 2.05) is 24.3 Å². The summed E-state index contributed by atoms with van der Waals surface area (Å²) < 4.78 is 5.25. The predicted molar refractivity (Wildman–Crippen MR) is 84.5 cm³/mol. The molecule has 1 aliphatic heterocycles. The van der Waals surface area contributed by atoms with Crippen molar-refractivity contribution in [3.8, 4) is 5.75 Å². The number of methoxy groups -OCH3 is 1. The molecule has 112 valence electrons. The SMILES string of the molecule is COc1ccccc1C(=O)N1CC(=O)N(C)c2ccccc21. The number of carbonyl (C=O) groups excluding carboxylic acids is 2. The Kier molecular flexibility index (Phi) is 3.55. The molecule has 0 radical (unpaired) electrons. The normalized spacial score (nSPS) is 13.8. The van der Waals surface area contributed by atoms with Crippen LogP contribution in [0.5, 0.6) is 5.75 Å². The molecule has 0 atom stereocenters. The quantitative estimate of drug-likeness (QED) is 0.854. The minimum Gasteiger partial charge on any atom is -0.496 e. The average Bonchev–Trinajstić information content (AvgIpc) is 2.57. The Morgan fingerprint density at radius 2 is 1.68 bits per heavy atom. The summed E-state index contributed by atoms with van der Waals surface area (Å²) in [5.41, 5.74) is 1.89. The van der Waals surface area contributed by atoms with Crippen LogP contribution in [0.15, 0.2) is 48.5 Å². The van der Waals surface area contributed by atoms with Crippen molar-refractivity contribution in [3.05, 3.63) is 54.1 Å². The molecule has 0 aromatic heterocycles. The number of benzene rings is 2. The smallest absolute Gasteiger partial charge is 0.262 e. The molecule has 1 heterocycles. The molecule has 1 aliphatic rings. The first-order chi connectivity index (χ1) is 10.6. The Balaban J connectivity index is 2.07. The number of likely N-dealkylation sites (N-methyl/N-ethyl adjacent to an activating group) is 1. The van der Waals surface area contributed by atoms with Crippen LogP contribution in [0.25, 0.3) is 0 Å². The van der Waals surface area contributed by atoms with Crippen molar-refractivity contribution in [2.24, 2.45) is 0 Å². The summed E-state index contributed by atoms with van der Waals surface area (Å²) in [4.78, 5) is 28.1. The van der Waals surface area contributed by atoms with Gasteiger partial charge in [0, 0.05) is 7.05 Å². The fourth-order valence-corrected chi connectivity index (χ4v) is 2.58. The summed E-state index contributed by atoms with van der Waals surface area (Å²) in [5.74, 6) is 0.129. The first-order valence-electron chi connectivity index (χ1n) is 6.94. The van der Waals surface area contributed by atoms with Crippen LogP contribution in [-0.4, -0.2) is 32.5 Å². The lowest BCUT2D eigenvalue weighted by molar-refractivity contribution is -0.117. The molecule has 5 heteroatoms. The molecule has 0 fully saturated rings. The highest BCUT2D eigenvalue weighted by atomic mass is 16.5. The molecule has 0 unspecified atom stereocenters. The molecule has 3 rings (SSSR count). The van der Waals surface area contributed by atoms with Gasteiger partial charge in [-0.25, -0.2) is 0 Å². The lowest BCUT2D eigenvalue weighted by Crippen LogP contribution is -2.46.